The number of piperidine rings is 1. The minimum atomic E-state index is 0.232. The van der Waals surface area contributed by atoms with E-state index < -0.39 is 0 Å². The number of benzene rings is 1. The third-order valence-corrected chi connectivity index (χ3v) is 5.96. The van der Waals surface area contributed by atoms with Crippen LogP contribution >= 0.6 is 11.3 Å². The molecule has 1 aliphatic heterocycles. The summed E-state index contributed by atoms with van der Waals surface area (Å²) in [5.41, 5.74) is 2.73. The molecule has 1 aromatic carbocycles. The van der Waals surface area contributed by atoms with Crippen molar-refractivity contribution < 1.29 is 4.79 Å². The monoisotopic (exact) mass is 327 g/mol. The largest absolute Gasteiger partial charge is 0.338 e. The quantitative estimate of drug-likeness (QED) is 0.796. The fraction of sp³-hybridized carbons (Fsp3) is 0.450. The predicted molar refractivity (Wildman–Crippen MR) is 97.2 cm³/mol. The van der Waals surface area contributed by atoms with Crippen LogP contribution < -0.4 is 0 Å². The lowest BCUT2D eigenvalue weighted by Gasteiger charge is -2.31. The second-order valence-corrected chi connectivity index (χ2v) is 7.73. The van der Waals surface area contributed by atoms with Gasteiger partial charge in [-0.25, -0.2) is 0 Å². The maximum Gasteiger partial charge on any atom is 0.263 e. The molecule has 0 atom stereocenters. The summed E-state index contributed by atoms with van der Waals surface area (Å²) in [7, 11) is 0. The van der Waals surface area contributed by atoms with E-state index in [0.717, 1.165) is 43.6 Å². The van der Waals surface area contributed by atoms with Crippen LogP contribution in [-0.4, -0.2) is 23.9 Å². The normalized spacial score (nSPS) is 15.8. The standard InChI is InChI=1S/C20H25NOS/c1-3-18-14-19(23-15(18)2)20(22)21-11-9-17(10-12-21)13-16-7-5-4-6-8-16/h4-8,14,17H,3,9-13H2,1-2H3. The Bertz CT molecular complexity index is 654. The number of hydrogen-bond donors (Lipinski definition) is 0. The molecule has 1 aromatic heterocycles. The number of hydrogen-bond acceptors (Lipinski definition) is 2. The van der Waals surface area contributed by atoms with Gasteiger partial charge in [-0.05, 0) is 55.7 Å². The van der Waals surface area contributed by atoms with Crippen LogP contribution in [-0.2, 0) is 12.8 Å². The van der Waals surface area contributed by atoms with E-state index in [2.05, 4.69) is 50.2 Å². The fourth-order valence-electron chi connectivity index (χ4n) is 3.42. The summed E-state index contributed by atoms with van der Waals surface area (Å²) in [4.78, 5) is 16.9. The van der Waals surface area contributed by atoms with Crippen molar-refractivity contribution in [1.82, 2.24) is 4.90 Å². The number of carbonyl (C=O) groups is 1. The predicted octanol–water partition coefficient (Wildman–Crippen LogP) is 4.71. The van der Waals surface area contributed by atoms with Crippen LogP contribution in [0.15, 0.2) is 36.4 Å². The molecule has 0 saturated carbocycles. The van der Waals surface area contributed by atoms with Crippen LogP contribution in [0, 0.1) is 12.8 Å². The van der Waals surface area contributed by atoms with Crippen molar-refractivity contribution in [3.63, 3.8) is 0 Å². The van der Waals surface area contributed by atoms with Gasteiger partial charge in [-0.3, -0.25) is 4.79 Å². The third-order valence-electron chi connectivity index (χ3n) is 4.88. The lowest BCUT2D eigenvalue weighted by atomic mass is 9.90. The second kappa shape index (κ2) is 7.31. The maximum atomic E-state index is 12.7. The number of rotatable bonds is 4. The molecule has 0 radical (unpaired) electrons. The Morgan fingerprint density at radius 1 is 1.22 bits per heavy atom. The molecular formula is C20H25NOS. The first-order valence-electron chi connectivity index (χ1n) is 8.60. The zero-order valence-electron chi connectivity index (χ0n) is 14.0. The van der Waals surface area contributed by atoms with Gasteiger partial charge in [0.2, 0.25) is 0 Å². The van der Waals surface area contributed by atoms with E-state index in [1.165, 1.54) is 16.0 Å². The Kier molecular flexibility index (Phi) is 5.16. The van der Waals surface area contributed by atoms with Crippen LogP contribution in [0.25, 0.3) is 0 Å². The van der Waals surface area contributed by atoms with E-state index >= 15 is 0 Å². The molecule has 2 aromatic rings. The summed E-state index contributed by atoms with van der Waals surface area (Å²) in [6.07, 6.45) is 4.38. The van der Waals surface area contributed by atoms with Crippen molar-refractivity contribution >= 4 is 17.2 Å². The minimum Gasteiger partial charge on any atom is -0.338 e. The van der Waals surface area contributed by atoms with Gasteiger partial charge >= 0.3 is 0 Å². The Morgan fingerprint density at radius 2 is 1.91 bits per heavy atom. The maximum absolute atomic E-state index is 12.7. The van der Waals surface area contributed by atoms with Crippen LogP contribution in [0.1, 0.15) is 45.4 Å². The summed E-state index contributed by atoms with van der Waals surface area (Å²) in [6.45, 7) is 6.06. The fourth-order valence-corrected chi connectivity index (χ4v) is 4.50. The number of aryl methyl sites for hydroxylation is 2. The minimum absolute atomic E-state index is 0.232. The second-order valence-electron chi connectivity index (χ2n) is 6.47. The smallest absolute Gasteiger partial charge is 0.263 e. The first kappa shape index (κ1) is 16.3. The van der Waals surface area contributed by atoms with Gasteiger partial charge in [0.1, 0.15) is 0 Å². The molecule has 1 amide bonds. The molecule has 122 valence electrons. The summed E-state index contributed by atoms with van der Waals surface area (Å²) in [5.74, 6) is 0.939. The van der Waals surface area contributed by atoms with Crippen molar-refractivity contribution in [2.24, 2.45) is 5.92 Å². The summed E-state index contributed by atoms with van der Waals surface area (Å²) >= 11 is 1.65. The van der Waals surface area contributed by atoms with Gasteiger partial charge in [0.25, 0.3) is 5.91 Å². The molecule has 0 bridgehead atoms. The van der Waals surface area contributed by atoms with E-state index in [0.29, 0.717) is 5.92 Å². The van der Waals surface area contributed by atoms with E-state index in [1.54, 1.807) is 11.3 Å². The SMILES string of the molecule is CCc1cc(C(=O)N2CCC(Cc3ccccc3)CC2)sc1C. The lowest BCUT2D eigenvalue weighted by molar-refractivity contribution is 0.0695. The number of amides is 1. The Morgan fingerprint density at radius 3 is 2.52 bits per heavy atom. The van der Waals surface area contributed by atoms with Crippen LogP contribution in [0.3, 0.4) is 0 Å². The number of nitrogens with zero attached hydrogens (tertiary/aromatic N) is 1. The highest BCUT2D eigenvalue weighted by Gasteiger charge is 2.25. The van der Waals surface area contributed by atoms with Gasteiger partial charge in [0.05, 0.1) is 4.88 Å². The van der Waals surface area contributed by atoms with Gasteiger partial charge in [0.15, 0.2) is 0 Å². The molecule has 0 unspecified atom stereocenters. The Labute approximate surface area is 143 Å². The van der Waals surface area contributed by atoms with E-state index in [4.69, 9.17) is 0 Å². The van der Waals surface area contributed by atoms with Crippen LogP contribution in [0.2, 0.25) is 0 Å². The number of thiophene rings is 1. The molecular weight excluding hydrogens is 302 g/mol. The van der Waals surface area contributed by atoms with Gasteiger partial charge in [0, 0.05) is 18.0 Å². The summed E-state index contributed by atoms with van der Waals surface area (Å²) < 4.78 is 0. The van der Waals surface area contributed by atoms with Crippen molar-refractivity contribution in [2.75, 3.05) is 13.1 Å². The van der Waals surface area contributed by atoms with Crippen molar-refractivity contribution in [1.29, 1.82) is 0 Å². The highest BCUT2D eigenvalue weighted by molar-refractivity contribution is 7.14. The molecule has 0 spiro atoms. The molecule has 0 aliphatic carbocycles. The molecule has 3 heteroatoms. The Hall–Kier alpha value is -1.61. The lowest BCUT2D eigenvalue weighted by Crippen LogP contribution is -2.38. The van der Waals surface area contributed by atoms with Crippen LogP contribution in [0.5, 0.6) is 0 Å². The summed E-state index contributed by atoms with van der Waals surface area (Å²) in [5, 5.41) is 0. The molecule has 2 heterocycles. The zero-order chi connectivity index (χ0) is 16.2. The van der Waals surface area contributed by atoms with E-state index in [9.17, 15) is 4.79 Å². The average Bonchev–Trinajstić information content (AvgIpc) is 2.97. The molecule has 1 saturated heterocycles. The first-order valence-corrected chi connectivity index (χ1v) is 9.41. The molecule has 0 N–H and O–H groups in total. The van der Waals surface area contributed by atoms with Gasteiger partial charge in [-0.15, -0.1) is 11.3 Å². The van der Waals surface area contributed by atoms with E-state index in [1.807, 2.05) is 4.90 Å². The summed E-state index contributed by atoms with van der Waals surface area (Å²) in [6, 6.07) is 12.8. The molecule has 1 aliphatic rings. The van der Waals surface area contributed by atoms with Gasteiger partial charge in [-0.2, -0.15) is 0 Å². The number of likely N-dealkylation sites (tertiary alicyclic amines) is 1. The highest BCUT2D eigenvalue weighted by atomic mass is 32.1. The van der Waals surface area contributed by atoms with Gasteiger partial charge < -0.3 is 4.90 Å². The molecule has 1 fully saturated rings. The zero-order valence-corrected chi connectivity index (χ0v) is 14.9. The van der Waals surface area contributed by atoms with Crippen molar-refractivity contribution in [3.8, 4) is 0 Å². The van der Waals surface area contributed by atoms with Crippen molar-refractivity contribution in [2.45, 2.75) is 39.5 Å². The molecule has 2 nitrogen and oxygen atoms in total. The molecule has 3 rings (SSSR count). The topological polar surface area (TPSA) is 20.3 Å². The van der Waals surface area contributed by atoms with Gasteiger partial charge in [-0.1, -0.05) is 37.3 Å². The number of carbonyl (C=O) groups excluding carboxylic acids is 1. The first-order chi connectivity index (χ1) is 11.2. The van der Waals surface area contributed by atoms with Crippen LogP contribution in [0.4, 0.5) is 0 Å². The van der Waals surface area contributed by atoms with Crippen molar-refractivity contribution in [3.05, 3.63) is 57.3 Å². The molecule has 23 heavy (non-hydrogen) atoms. The Balaban J connectivity index is 1.56. The average molecular weight is 327 g/mol. The third kappa shape index (κ3) is 3.84. The highest BCUT2D eigenvalue weighted by Crippen LogP contribution is 2.27. The van der Waals surface area contributed by atoms with E-state index in [-0.39, 0.29) is 5.91 Å².